The van der Waals surface area contributed by atoms with Crippen molar-refractivity contribution in [3.05, 3.63) is 52.2 Å². The van der Waals surface area contributed by atoms with Crippen LogP contribution in [0.25, 0.3) is 0 Å². The van der Waals surface area contributed by atoms with Gasteiger partial charge in [0.1, 0.15) is 23.4 Å². The summed E-state index contributed by atoms with van der Waals surface area (Å²) >= 11 is 0. The highest BCUT2D eigenvalue weighted by molar-refractivity contribution is 5.80. The lowest BCUT2D eigenvalue weighted by Gasteiger charge is -2.32. The third-order valence-electron chi connectivity index (χ3n) is 4.67. The van der Waals surface area contributed by atoms with Crippen molar-refractivity contribution in [2.24, 2.45) is 7.05 Å². The number of piperidine rings is 1. The lowest BCUT2D eigenvalue weighted by atomic mass is 10.1. The molecule has 7 nitrogen and oxygen atoms in total. The van der Waals surface area contributed by atoms with Gasteiger partial charge in [0, 0.05) is 45.2 Å². The van der Waals surface area contributed by atoms with Crippen LogP contribution in [0.15, 0.2) is 35.3 Å². The molecule has 27 heavy (non-hydrogen) atoms. The number of amides is 1. The number of carbonyl (C=O) groups excluding carboxylic acids is 1. The van der Waals surface area contributed by atoms with E-state index in [0.717, 1.165) is 5.56 Å². The summed E-state index contributed by atoms with van der Waals surface area (Å²) in [5, 5.41) is 6.72. The van der Waals surface area contributed by atoms with E-state index in [9.17, 15) is 14.0 Å². The number of rotatable bonds is 5. The summed E-state index contributed by atoms with van der Waals surface area (Å²) in [6.45, 7) is 3.05. The van der Waals surface area contributed by atoms with E-state index in [1.54, 1.807) is 24.1 Å². The molecule has 1 aromatic heterocycles. The van der Waals surface area contributed by atoms with Gasteiger partial charge in [0.25, 0.3) is 5.56 Å². The molecule has 1 N–H and O–H groups in total. The van der Waals surface area contributed by atoms with Gasteiger partial charge in [-0.2, -0.15) is 5.10 Å². The number of ether oxygens (including phenoxy) is 1. The molecule has 0 saturated carbocycles. The highest BCUT2D eigenvalue weighted by atomic mass is 19.1. The van der Waals surface area contributed by atoms with Crippen LogP contribution in [0.5, 0.6) is 5.75 Å². The number of hydrogen-bond donors (Lipinski definition) is 1. The van der Waals surface area contributed by atoms with Crippen molar-refractivity contribution >= 4 is 11.6 Å². The van der Waals surface area contributed by atoms with Gasteiger partial charge >= 0.3 is 0 Å². The number of aryl methyl sites for hydroxylation is 2. The average molecular weight is 374 g/mol. The summed E-state index contributed by atoms with van der Waals surface area (Å²) in [5.41, 5.74) is 0.960. The van der Waals surface area contributed by atoms with Gasteiger partial charge in [0.15, 0.2) is 0 Å². The predicted molar refractivity (Wildman–Crippen MR) is 99.3 cm³/mol. The molecule has 1 aliphatic heterocycles. The third-order valence-corrected chi connectivity index (χ3v) is 4.67. The van der Waals surface area contributed by atoms with Crippen LogP contribution < -0.4 is 15.6 Å². The second-order valence-corrected chi connectivity index (χ2v) is 6.64. The molecule has 0 unspecified atom stereocenters. The van der Waals surface area contributed by atoms with Crippen LogP contribution >= 0.6 is 0 Å². The van der Waals surface area contributed by atoms with Gasteiger partial charge in [0.2, 0.25) is 5.91 Å². The van der Waals surface area contributed by atoms with E-state index in [-0.39, 0.29) is 29.9 Å². The van der Waals surface area contributed by atoms with Gasteiger partial charge in [-0.15, -0.1) is 0 Å². The molecule has 0 aliphatic carbocycles. The van der Waals surface area contributed by atoms with E-state index in [0.29, 0.717) is 37.4 Å². The van der Waals surface area contributed by atoms with Crippen LogP contribution in [0.2, 0.25) is 0 Å². The van der Waals surface area contributed by atoms with E-state index in [4.69, 9.17) is 4.74 Å². The summed E-state index contributed by atoms with van der Waals surface area (Å²) in [6.07, 6.45) is 2.82. The van der Waals surface area contributed by atoms with Crippen molar-refractivity contribution in [3.8, 4) is 5.75 Å². The molecule has 0 atom stereocenters. The minimum absolute atomic E-state index is 0.0463. The molecular weight excluding hydrogens is 351 g/mol. The highest BCUT2D eigenvalue weighted by Gasteiger charge is 2.24. The molecule has 1 aromatic carbocycles. The number of anilines is 1. The molecule has 0 spiro atoms. The summed E-state index contributed by atoms with van der Waals surface area (Å²) in [4.78, 5) is 26.0. The van der Waals surface area contributed by atoms with Crippen LogP contribution in [0.4, 0.5) is 10.1 Å². The summed E-state index contributed by atoms with van der Waals surface area (Å²) in [7, 11) is 1.56. The number of nitrogens with zero attached hydrogens (tertiary/aromatic N) is 3. The van der Waals surface area contributed by atoms with E-state index in [2.05, 4.69) is 10.4 Å². The van der Waals surface area contributed by atoms with Crippen molar-refractivity contribution in [2.75, 3.05) is 25.0 Å². The first-order valence-corrected chi connectivity index (χ1v) is 8.91. The smallest absolute Gasteiger partial charge is 0.289 e. The zero-order chi connectivity index (χ0) is 19.4. The quantitative estimate of drug-likeness (QED) is 0.862. The minimum Gasteiger partial charge on any atom is -0.490 e. The Bertz CT molecular complexity index is 875. The first-order valence-electron chi connectivity index (χ1n) is 8.91. The van der Waals surface area contributed by atoms with E-state index in [1.807, 2.05) is 6.92 Å². The molecule has 1 fully saturated rings. The SMILES string of the molecule is Cc1ccc(F)cc1OC1CCN(C(=O)CNc2ccnn(C)c2=O)CC1. The maximum absolute atomic E-state index is 13.4. The Balaban J connectivity index is 1.50. The van der Waals surface area contributed by atoms with Crippen molar-refractivity contribution in [1.82, 2.24) is 14.7 Å². The summed E-state index contributed by atoms with van der Waals surface area (Å²) in [6, 6.07) is 6.05. The number of likely N-dealkylation sites (tertiary alicyclic amines) is 1. The molecule has 1 aliphatic rings. The first-order chi connectivity index (χ1) is 12.9. The van der Waals surface area contributed by atoms with Crippen molar-refractivity contribution in [2.45, 2.75) is 25.9 Å². The number of hydrogen-bond acceptors (Lipinski definition) is 5. The van der Waals surface area contributed by atoms with Gasteiger partial charge in [-0.1, -0.05) is 6.07 Å². The molecule has 8 heteroatoms. The molecule has 1 amide bonds. The lowest BCUT2D eigenvalue weighted by molar-refractivity contribution is -0.131. The fourth-order valence-electron chi connectivity index (χ4n) is 3.03. The Labute approximate surface area is 156 Å². The predicted octanol–water partition coefficient (Wildman–Crippen LogP) is 1.71. The fourth-order valence-corrected chi connectivity index (χ4v) is 3.03. The largest absolute Gasteiger partial charge is 0.490 e. The van der Waals surface area contributed by atoms with Crippen LogP contribution in [-0.4, -0.2) is 46.3 Å². The summed E-state index contributed by atoms with van der Waals surface area (Å²) in [5.74, 6) is 0.153. The minimum atomic E-state index is -0.323. The number of halogens is 1. The van der Waals surface area contributed by atoms with Crippen molar-refractivity contribution < 1.29 is 13.9 Å². The lowest BCUT2D eigenvalue weighted by Crippen LogP contribution is -2.44. The van der Waals surface area contributed by atoms with Gasteiger partial charge in [-0.05, 0) is 24.6 Å². The third kappa shape index (κ3) is 4.64. The van der Waals surface area contributed by atoms with Gasteiger partial charge in [-0.3, -0.25) is 9.59 Å². The Morgan fingerprint density at radius 1 is 1.33 bits per heavy atom. The highest BCUT2D eigenvalue weighted by Crippen LogP contribution is 2.23. The summed E-state index contributed by atoms with van der Waals surface area (Å²) < 4.78 is 20.5. The van der Waals surface area contributed by atoms with E-state index < -0.39 is 0 Å². The maximum Gasteiger partial charge on any atom is 0.289 e. The Kier molecular flexibility index (Phi) is 5.73. The molecule has 2 aromatic rings. The fraction of sp³-hybridized carbons (Fsp3) is 0.421. The van der Waals surface area contributed by atoms with Crippen molar-refractivity contribution in [3.63, 3.8) is 0 Å². The van der Waals surface area contributed by atoms with E-state index in [1.165, 1.54) is 23.0 Å². The van der Waals surface area contributed by atoms with Gasteiger partial charge < -0.3 is 15.0 Å². The van der Waals surface area contributed by atoms with E-state index >= 15 is 0 Å². The van der Waals surface area contributed by atoms with Crippen LogP contribution in [0.1, 0.15) is 18.4 Å². The number of benzene rings is 1. The zero-order valence-corrected chi connectivity index (χ0v) is 15.4. The molecule has 1 saturated heterocycles. The Morgan fingerprint density at radius 3 is 2.81 bits per heavy atom. The zero-order valence-electron chi connectivity index (χ0n) is 15.4. The normalized spacial score (nSPS) is 14.9. The molecule has 2 heterocycles. The number of carbonyl (C=O) groups is 1. The van der Waals surface area contributed by atoms with Gasteiger partial charge in [-0.25, -0.2) is 9.07 Å². The molecule has 0 radical (unpaired) electrons. The average Bonchev–Trinajstić information content (AvgIpc) is 2.66. The molecule has 0 bridgehead atoms. The van der Waals surface area contributed by atoms with Crippen LogP contribution in [-0.2, 0) is 11.8 Å². The maximum atomic E-state index is 13.4. The standard InChI is InChI=1S/C19H23FN4O3/c1-13-3-4-14(20)11-17(13)27-15-6-9-24(10-7-15)18(25)12-21-16-5-8-22-23(2)19(16)26/h3-5,8,11,15,21H,6-7,9-10,12H2,1-2H3. The Hall–Kier alpha value is -2.90. The second-order valence-electron chi connectivity index (χ2n) is 6.64. The molecule has 3 rings (SSSR count). The molecular formula is C19H23FN4O3. The van der Waals surface area contributed by atoms with Crippen LogP contribution in [0, 0.1) is 12.7 Å². The second kappa shape index (κ2) is 8.20. The Morgan fingerprint density at radius 2 is 2.07 bits per heavy atom. The number of aromatic nitrogens is 2. The van der Waals surface area contributed by atoms with Crippen LogP contribution in [0.3, 0.4) is 0 Å². The monoisotopic (exact) mass is 374 g/mol. The van der Waals surface area contributed by atoms with Crippen molar-refractivity contribution in [1.29, 1.82) is 0 Å². The number of nitrogens with one attached hydrogen (secondary N) is 1. The molecule has 144 valence electrons. The topological polar surface area (TPSA) is 76.5 Å². The first kappa shape index (κ1) is 18.9. The van der Waals surface area contributed by atoms with Gasteiger partial charge in [0.05, 0.1) is 6.54 Å².